The number of hydrogen-bond acceptors (Lipinski definition) is 3. The van der Waals surface area contributed by atoms with Gasteiger partial charge in [0.1, 0.15) is 0 Å². The number of carbonyl (C=O) groups excluding carboxylic acids is 2. The van der Waals surface area contributed by atoms with Gasteiger partial charge in [-0.15, -0.1) is 11.3 Å². The molecule has 1 fully saturated rings. The first kappa shape index (κ1) is 17.7. The number of rotatable bonds is 3. The van der Waals surface area contributed by atoms with E-state index in [1.165, 1.54) is 22.5 Å². The first-order valence-corrected chi connectivity index (χ1v) is 9.59. The average molecular weight is 356 g/mol. The normalized spacial score (nSPS) is 15.1. The molecule has 2 aromatic rings. The van der Waals surface area contributed by atoms with Gasteiger partial charge >= 0.3 is 0 Å². The molecular weight excluding hydrogens is 332 g/mol. The first-order valence-electron chi connectivity index (χ1n) is 8.71. The first-order chi connectivity index (χ1) is 12.0. The number of benzene rings is 1. The maximum atomic E-state index is 12.6. The van der Waals surface area contributed by atoms with Gasteiger partial charge in [-0.1, -0.05) is 24.3 Å². The number of hydrogen-bond donors (Lipinski definition) is 0. The Balaban J connectivity index is 1.59. The van der Waals surface area contributed by atoms with E-state index in [1.807, 2.05) is 33.4 Å². The molecule has 0 saturated carbocycles. The zero-order chi connectivity index (χ0) is 17.8. The second kappa shape index (κ2) is 7.83. The standard InChI is InChI=1S/C20H24N2O2S/c1-15-6-7-17(13-16(15)2)14-19(23)21-8-4-9-22(11-10-21)20(24)18-5-3-12-25-18/h3,5-7,12-13H,4,8-11,14H2,1-2H3. The third-order valence-corrected chi connectivity index (χ3v) is 5.65. The molecule has 2 amide bonds. The van der Waals surface area contributed by atoms with Gasteiger partial charge in [0.05, 0.1) is 11.3 Å². The molecule has 0 aliphatic carbocycles. The van der Waals surface area contributed by atoms with Gasteiger partial charge in [0.15, 0.2) is 0 Å². The number of carbonyl (C=O) groups is 2. The number of aryl methyl sites for hydroxylation is 2. The van der Waals surface area contributed by atoms with Crippen LogP contribution >= 0.6 is 11.3 Å². The van der Waals surface area contributed by atoms with Crippen LogP contribution in [0.4, 0.5) is 0 Å². The summed E-state index contributed by atoms with van der Waals surface area (Å²) in [7, 11) is 0. The Morgan fingerprint density at radius 1 is 1.00 bits per heavy atom. The lowest BCUT2D eigenvalue weighted by molar-refractivity contribution is -0.130. The van der Waals surface area contributed by atoms with Crippen LogP contribution in [0.1, 0.15) is 32.8 Å². The van der Waals surface area contributed by atoms with E-state index in [-0.39, 0.29) is 11.8 Å². The summed E-state index contributed by atoms with van der Waals surface area (Å²) in [5.74, 6) is 0.229. The van der Waals surface area contributed by atoms with Crippen molar-refractivity contribution in [3.63, 3.8) is 0 Å². The van der Waals surface area contributed by atoms with Crippen LogP contribution in [0, 0.1) is 13.8 Å². The summed E-state index contributed by atoms with van der Waals surface area (Å²) >= 11 is 1.47. The largest absolute Gasteiger partial charge is 0.341 e. The van der Waals surface area contributed by atoms with Crippen LogP contribution < -0.4 is 0 Å². The lowest BCUT2D eigenvalue weighted by Crippen LogP contribution is -2.37. The Morgan fingerprint density at radius 2 is 1.76 bits per heavy atom. The van der Waals surface area contributed by atoms with E-state index in [2.05, 4.69) is 26.0 Å². The molecule has 0 bridgehead atoms. The predicted molar refractivity (Wildman–Crippen MR) is 101 cm³/mol. The maximum Gasteiger partial charge on any atom is 0.263 e. The van der Waals surface area contributed by atoms with Crippen LogP contribution in [0.15, 0.2) is 35.7 Å². The SMILES string of the molecule is Cc1ccc(CC(=O)N2CCCN(C(=O)c3cccs3)CC2)cc1C. The highest BCUT2D eigenvalue weighted by Gasteiger charge is 2.23. The van der Waals surface area contributed by atoms with Gasteiger partial charge in [-0.25, -0.2) is 0 Å². The van der Waals surface area contributed by atoms with Crippen molar-refractivity contribution in [1.29, 1.82) is 0 Å². The van der Waals surface area contributed by atoms with Crippen molar-refractivity contribution in [3.8, 4) is 0 Å². The van der Waals surface area contributed by atoms with E-state index >= 15 is 0 Å². The molecule has 0 radical (unpaired) electrons. The number of amides is 2. The number of nitrogens with zero attached hydrogens (tertiary/aromatic N) is 2. The summed E-state index contributed by atoms with van der Waals surface area (Å²) in [4.78, 5) is 29.7. The molecule has 3 rings (SSSR count). The minimum atomic E-state index is 0.0819. The molecule has 4 nitrogen and oxygen atoms in total. The van der Waals surface area contributed by atoms with Gasteiger partial charge in [-0.3, -0.25) is 9.59 Å². The van der Waals surface area contributed by atoms with Crippen molar-refractivity contribution in [2.75, 3.05) is 26.2 Å². The third kappa shape index (κ3) is 4.28. The molecular formula is C20H24N2O2S. The van der Waals surface area contributed by atoms with Crippen LogP contribution in [0.25, 0.3) is 0 Å². The Bertz CT molecular complexity index is 755. The van der Waals surface area contributed by atoms with Crippen LogP contribution in [-0.2, 0) is 11.2 Å². The van der Waals surface area contributed by atoms with Crippen LogP contribution in [-0.4, -0.2) is 47.8 Å². The molecule has 1 aromatic carbocycles. The molecule has 0 N–H and O–H groups in total. The van der Waals surface area contributed by atoms with E-state index in [4.69, 9.17) is 0 Å². The Labute approximate surface area is 153 Å². The predicted octanol–water partition coefficient (Wildman–Crippen LogP) is 3.28. The zero-order valence-electron chi connectivity index (χ0n) is 14.8. The summed E-state index contributed by atoms with van der Waals surface area (Å²) in [6.45, 7) is 6.80. The van der Waals surface area contributed by atoms with Crippen molar-refractivity contribution in [2.24, 2.45) is 0 Å². The highest BCUT2D eigenvalue weighted by Crippen LogP contribution is 2.15. The van der Waals surface area contributed by atoms with Gasteiger partial charge in [0.25, 0.3) is 5.91 Å². The second-order valence-corrected chi connectivity index (χ2v) is 7.55. The van der Waals surface area contributed by atoms with Crippen molar-refractivity contribution < 1.29 is 9.59 Å². The topological polar surface area (TPSA) is 40.6 Å². The minimum Gasteiger partial charge on any atom is -0.341 e. The van der Waals surface area contributed by atoms with Gasteiger partial charge in [-0.2, -0.15) is 0 Å². The molecule has 0 atom stereocenters. The summed E-state index contributed by atoms with van der Waals surface area (Å²) in [6, 6.07) is 9.96. The molecule has 25 heavy (non-hydrogen) atoms. The summed E-state index contributed by atoms with van der Waals surface area (Å²) in [6.07, 6.45) is 1.26. The van der Waals surface area contributed by atoms with Gasteiger partial charge in [0.2, 0.25) is 5.91 Å². The molecule has 1 saturated heterocycles. The molecule has 1 aliphatic heterocycles. The molecule has 0 spiro atoms. The van der Waals surface area contributed by atoms with Gasteiger partial charge in [0, 0.05) is 26.2 Å². The summed E-state index contributed by atoms with van der Waals surface area (Å²) < 4.78 is 0. The van der Waals surface area contributed by atoms with Gasteiger partial charge < -0.3 is 9.80 Å². The molecule has 132 valence electrons. The van der Waals surface area contributed by atoms with Crippen molar-refractivity contribution in [3.05, 3.63) is 57.3 Å². The fourth-order valence-electron chi connectivity index (χ4n) is 3.13. The smallest absolute Gasteiger partial charge is 0.263 e. The minimum absolute atomic E-state index is 0.0819. The van der Waals surface area contributed by atoms with Crippen LogP contribution in [0.3, 0.4) is 0 Å². The highest BCUT2D eigenvalue weighted by molar-refractivity contribution is 7.12. The van der Waals surface area contributed by atoms with E-state index in [0.717, 1.165) is 23.4 Å². The van der Waals surface area contributed by atoms with E-state index < -0.39 is 0 Å². The zero-order valence-corrected chi connectivity index (χ0v) is 15.6. The lowest BCUT2D eigenvalue weighted by Gasteiger charge is -2.22. The molecule has 1 aliphatic rings. The monoisotopic (exact) mass is 356 g/mol. The maximum absolute atomic E-state index is 12.6. The average Bonchev–Trinajstić information content (AvgIpc) is 3.02. The fourth-order valence-corrected chi connectivity index (χ4v) is 3.82. The van der Waals surface area contributed by atoms with Crippen LogP contribution in [0.5, 0.6) is 0 Å². The lowest BCUT2D eigenvalue weighted by atomic mass is 10.0. The van der Waals surface area contributed by atoms with Crippen molar-refractivity contribution in [2.45, 2.75) is 26.7 Å². The molecule has 0 unspecified atom stereocenters. The summed E-state index contributed by atoms with van der Waals surface area (Å²) in [5, 5.41) is 1.92. The van der Waals surface area contributed by atoms with E-state index in [1.54, 1.807) is 0 Å². The number of thiophene rings is 1. The second-order valence-electron chi connectivity index (χ2n) is 6.60. The van der Waals surface area contributed by atoms with E-state index in [0.29, 0.717) is 26.1 Å². The third-order valence-electron chi connectivity index (χ3n) is 4.79. The van der Waals surface area contributed by atoms with Crippen LogP contribution in [0.2, 0.25) is 0 Å². The fraction of sp³-hybridized carbons (Fsp3) is 0.400. The highest BCUT2D eigenvalue weighted by atomic mass is 32.1. The summed E-state index contributed by atoms with van der Waals surface area (Å²) in [5.41, 5.74) is 3.52. The molecule has 1 aromatic heterocycles. The Hall–Kier alpha value is -2.14. The van der Waals surface area contributed by atoms with Crippen molar-refractivity contribution >= 4 is 23.2 Å². The van der Waals surface area contributed by atoms with Crippen molar-refractivity contribution in [1.82, 2.24) is 9.80 Å². The quantitative estimate of drug-likeness (QED) is 0.847. The van der Waals surface area contributed by atoms with Gasteiger partial charge in [-0.05, 0) is 48.4 Å². The Morgan fingerprint density at radius 3 is 2.48 bits per heavy atom. The van der Waals surface area contributed by atoms with E-state index in [9.17, 15) is 9.59 Å². The Kier molecular flexibility index (Phi) is 5.53. The molecule has 2 heterocycles. The molecule has 5 heteroatoms.